The normalized spacial score (nSPS) is 19.8. The van der Waals surface area contributed by atoms with Crippen molar-refractivity contribution < 1.29 is 19.2 Å². The predicted molar refractivity (Wildman–Crippen MR) is 54.6 cm³/mol. The lowest BCUT2D eigenvalue weighted by Crippen LogP contribution is -2.43. The summed E-state index contributed by atoms with van der Waals surface area (Å²) in [6.07, 6.45) is 0.896. The molecule has 0 aromatic heterocycles. The van der Waals surface area contributed by atoms with Gasteiger partial charge in [0.05, 0.1) is 0 Å². The van der Waals surface area contributed by atoms with E-state index < -0.39 is 23.8 Å². The largest absolute Gasteiger partial charge is 0.349 e. The summed E-state index contributed by atoms with van der Waals surface area (Å²) < 4.78 is 0. The molecule has 0 aromatic carbocycles. The van der Waals surface area contributed by atoms with Crippen molar-refractivity contribution >= 4 is 17.8 Å². The molecule has 1 aliphatic rings. The van der Waals surface area contributed by atoms with Gasteiger partial charge in [-0.2, -0.15) is 0 Å². The highest BCUT2D eigenvalue weighted by atomic mass is 16.7. The minimum atomic E-state index is -0.814. The third-order valence-electron chi connectivity index (χ3n) is 2.72. The van der Waals surface area contributed by atoms with Gasteiger partial charge in [0.15, 0.2) is 0 Å². The van der Waals surface area contributed by atoms with Crippen LogP contribution in [0.5, 0.6) is 0 Å². The van der Waals surface area contributed by atoms with Gasteiger partial charge in [0.1, 0.15) is 6.04 Å². The Labute approximate surface area is 93.7 Å². The molecule has 90 valence electrons. The van der Waals surface area contributed by atoms with Gasteiger partial charge in [-0.1, -0.05) is 20.3 Å². The van der Waals surface area contributed by atoms with Crippen LogP contribution < -0.4 is 5.73 Å². The number of rotatable bonds is 4. The van der Waals surface area contributed by atoms with E-state index in [0.29, 0.717) is 5.06 Å². The van der Waals surface area contributed by atoms with E-state index in [0.717, 1.165) is 6.42 Å². The van der Waals surface area contributed by atoms with Gasteiger partial charge in [-0.15, -0.1) is 5.06 Å². The highest BCUT2D eigenvalue weighted by Gasteiger charge is 2.34. The highest BCUT2D eigenvalue weighted by Crippen LogP contribution is 2.14. The Hall–Kier alpha value is -1.43. The monoisotopic (exact) mass is 228 g/mol. The molecule has 6 heteroatoms. The van der Waals surface area contributed by atoms with E-state index >= 15 is 0 Å². The van der Waals surface area contributed by atoms with Crippen LogP contribution in [0.25, 0.3) is 0 Å². The van der Waals surface area contributed by atoms with E-state index in [1.165, 1.54) is 0 Å². The van der Waals surface area contributed by atoms with Gasteiger partial charge in [-0.05, 0) is 5.92 Å². The zero-order valence-corrected chi connectivity index (χ0v) is 9.43. The van der Waals surface area contributed by atoms with Crippen molar-refractivity contribution in [1.29, 1.82) is 0 Å². The summed E-state index contributed by atoms with van der Waals surface area (Å²) in [6.45, 7) is 3.70. The maximum atomic E-state index is 11.5. The summed E-state index contributed by atoms with van der Waals surface area (Å²) in [7, 11) is 0. The fourth-order valence-electron chi connectivity index (χ4n) is 1.29. The lowest BCUT2D eigenvalue weighted by Gasteiger charge is -2.19. The van der Waals surface area contributed by atoms with Crippen LogP contribution in [0.15, 0.2) is 0 Å². The van der Waals surface area contributed by atoms with Gasteiger partial charge in [-0.25, -0.2) is 4.79 Å². The molecule has 1 heterocycles. The Morgan fingerprint density at radius 3 is 2.38 bits per heavy atom. The SMILES string of the molecule is CC[C@H](C)[C@H](N)C(=O)ON1C(=O)CCC1=O. The number of hydrogen-bond acceptors (Lipinski definition) is 5. The van der Waals surface area contributed by atoms with Crippen LogP contribution in [-0.2, 0) is 19.2 Å². The highest BCUT2D eigenvalue weighted by molar-refractivity contribution is 6.01. The second kappa shape index (κ2) is 5.07. The Bertz CT molecular complexity index is 300. The van der Waals surface area contributed by atoms with E-state index in [-0.39, 0.29) is 18.8 Å². The van der Waals surface area contributed by atoms with Crippen molar-refractivity contribution in [3.05, 3.63) is 0 Å². The van der Waals surface area contributed by atoms with E-state index in [1.807, 2.05) is 6.92 Å². The summed E-state index contributed by atoms with van der Waals surface area (Å²) in [4.78, 5) is 38.5. The number of hydroxylamine groups is 2. The molecular formula is C10H16N2O4. The molecule has 1 rings (SSSR count). The predicted octanol–water partition coefficient (Wildman–Crippen LogP) is -0.0330. The van der Waals surface area contributed by atoms with Crippen molar-refractivity contribution in [3.8, 4) is 0 Å². The summed E-state index contributed by atoms with van der Waals surface area (Å²) in [5, 5.41) is 0.518. The van der Waals surface area contributed by atoms with Gasteiger partial charge < -0.3 is 10.6 Å². The van der Waals surface area contributed by atoms with Gasteiger partial charge in [0.25, 0.3) is 11.8 Å². The fraction of sp³-hybridized carbons (Fsp3) is 0.700. The zero-order valence-electron chi connectivity index (χ0n) is 9.43. The first-order chi connectivity index (χ1) is 7.47. The zero-order chi connectivity index (χ0) is 12.3. The van der Waals surface area contributed by atoms with Crippen molar-refractivity contribution in [3.63, 3.8) is 0 Å². The quantitative estimate of drug-likeness (QED) is 0.682. The molecule has 1 fully saturated rings. The van der Waals surface area contributed by atoms with Gasteiger partial charge in [0, 0.05) is 12.8 Å². The summed E-state index contributed by atoms with van der Waals surface area (Å²) in [5.74, 6) is -1.78. The summed E-state index contributed by atoms with van der Waals surface area (Å²) >= 11 is 0. The van der Waals surface area contributed by atoms with E-state index in [1.54, 1.807) is 6.92 Å². The number of carbonyl (C=O) groups excluding carboxylic acids is 3. The van der Waals surface area contributed by atoms with Crippen LogP contribution in [0.1, 0.15) is 33.1 Å². The maximum Gasteiger partial charge on any atom is 0.349 e. The lowest BCUT2D eigenvalue weighted by atomic mass is 10.0. The topological polar surface area (TPSA) is 89.7 Å². The van der Waals surface area contributed by atoms with Crippen LogP contribution in [0.2, 0.25) is 0 Å². The molecule has 1 saturated heterocycles. The second-order valence-corrected chi connectivity index (χ2v) is 3.90. The smallest absolute Gasteiger partial charge is 0.329 e. The van der Waals surface area contributed by atoms with Gasteiger partial charge >= 0.3 is 5.97 Å². The van der Waals surface area contributed by atoms with Crippen molar-refractivity contribution in [2.75, 3.05) is 0 Å². The number of amides is 2. The molecule has 0 saturated carbocycles. The van der Waals surface area contributed by atoms with Crippen LogP contribution in [0, 0.1) is 5.92 Å². The lowest BCUT2D eigenvalue weighted by molar-refractivity contribution is -0.199. The first-order valence-electron chi connectivity index (χ1n) is 5.30. The molecule has 0 spiro atoms. The van der Waals surface area contributed by atoms with Crippen molar-refractivity contribution in [2.45, 2.75) is 39.2 Å². The molecule has 0 bridgehead atoms. The first-order valence-corrected chi connectivity index (χ1v) is 5.30. The standard InChI is InChI=1S/C10H16N2O4/c1-3-6(2)9(11)10(15)16-12-7(13)4-5-8(12)14/h6,9H,3-5,11H2,1-2H3/t6-,9-/m0/s1. The van der Waals surface area contributed by atoms with Crippen LogP contribution in [0.4, 0.5) is 0 Å². The Morgan fingerprint density at radius 2 is 1.94 bits per heavy atom. The van der Waals surface area contributed by atoms with Gasteiger partial charge in [0.2, 0.25) is 0 Å². The fourth-order valence-corrected chi connectivity index (χ4v) is 1.29. The molecule has 0 aromatic rings. The van der Waals surface area contributed by atoms with Gasteiger partial charge in [-0.3, -0.25) is 9.59 Å². The third-order valence-corrected chi connectivity index (χ3v) is 2.72. The second-order valence-electron chi connectivity index (χ2n) is 3.90. The van der Waals surface area contributed by atoms with Crippen molar-refractivity contribution in [2.24, 2.45) is 11.7 Å². The average molecular weight is 228 g/mol. The number of nitrogens with two attached hydrogens (primary N) is 1. The van der Waals surface area contributed by atoms with Crippen molar-refractivity contribution in [1.82, 2.24) is 5.06 Å². The minimum Gasteiger partial charge on any atom is -0.329 e. The molecule has 6 nitrogen and oxygen atoms in total. The summed E-state index contributed by atoms with van der Waals surface area (Å²) in [5.41, 5.74) is 5.62. The third kappa shape index (κ3) is 2.57. The van der Waals surface area contributed by atoms with Crippen LogP contribution in [0.3, 0.4) is 0 Å². The number of carbonyl (C=O) groups is 3. The average Bonchev–Trinajstić information content (AvgIpc) is 2.58. The number of hydrogen-bond donors (Lipinski definition) is 1. The molecule has 2 amide bonds. The molecular weight excluding hydrogens is 212 g/mol. The Balaban J connectivity index is 2.57. The molecule has 16 heavy (non-hydrogen) atoms. The molecule has 0 radical (unpaired) electrons. The van der Waals surface area contributed by atoms with E-state index in [2.05, 4.69) is 0 Å². The molecule has 1 aliphatic heterocycles. The molecule has 0 aliphatic carbocycles. The Kier molecular flexibility index (Phi) is 4.00. The maximum absolute atomic E-state index is 11.5. The number of imide groups is 1. The molecule has 2 atom stereocenters. The molecule has 2 N–H and O–H groups in total. The first kappa shape index (κ1) is 12.6. The Morgan fingerprint density at radius 1 is 1.44 bits per heavy atom. The van der Waals surface area contributed by atoms with E-state index in [4.69, 9.17) is 10.6 Å². The summed E-state index contributed by atoms with van der Waals surface area (Å²) in [6, 6.07) is -0.814. The van der Waals surface area contributed by atoms with Crippen LogP contribution >= 0.6 is 0 Å². The molecule has 0 unspecified atom stereocenters. The number of nitrogens with zero attached hydrogens (tertiary/aromatic N) is 1. The minimum absolute atomic E-state index is 0.0553. The van der Waals surface area contributed by atoms with Crippen LogP contribution in [-0.4, -0.2) is 28.9 Å². The van der Waals surface area contributed by atoms with E-state index in [9.17, 15) is 14.4 Å².